The van der Waals surface area contributed by atoms with Crippen molar-refractivity contribution in [3.8, 4) is 17.3 Å². The van der Waals surface area contributed by atoms with Crippen LogP contribution in [0.15, 0.2) is 30.5 Å². The molecule has 4 rings (SSSR count). The molecule has 0 unspecified atom stereocenters. The standard InChI is InChI=1S/C30H42F3N7O4S/c1-21-17-35-28(16-25(21)26-4-3-5-27(40-26)36-20-29(19-34)10-13-43-14-11-29)39-24-8-6-23(7-9-24)38-22(2)18-44-15-12-37-45(41,42)30(31,32)33/h3-5,16-17,22-24,37-38H,6-15,18,20H2,1-2H3,(H,35,39)(H,36,40)/t22-,23-,24-/m0/s1. The number of nitrogens with zero attached hydrogens (tertiary/aromatic N) is 3. The highest BCUT2D eigenvalue weighted by Crippen LogP contribution is 2.31. The lowest BCUT2D eigenvalue weighted by atomic mass is 9.82. The molecule has 1 aliphatic carbocycles. The van der Waals surface area contributed by atoms with Crippen LogP contribution in [0.2, 0.25) is 0 Å². The highest BCUT2D eigenvalue weighted by atomic mass is 32.2. The number of hydrogen-bond acceptors (Lipinski definition) is 10. The molecule has 1 saturated carbocycles. The van der Waals surface area contributed by atoms with Crippen molar-refractivity contribution in [1.29, 1.82) is 5.26 Å². The summed E-state index contributed by atoms with van der Waals surface area (Å²) in [7, 11) is -5.35. The fourth-order valence-electron chi connectivity index (χ4n) is 5.57. The number of pyridine rings is 2. The molecule has 1 saturated heterocycles. The Morgan fingerprint density at radius 1 is 1.16 bits per heavy atom. The SMILES string of the molecule is Cc1cnc(N[C@H]2CC[C@H](N[C@@H](C)COCCNS(=O)(=O)C(F)(F)F)CC2)cc1-c1cccc(NCC2(C#N)CCOCC2)n1. The lowest BCUT2D eigenvalue weighted by Gasteiger charge is -2.32. The molecule has 11 nitrogen and oxygen atoms in total. The van der Waals surface area contributed by atoms with Gasteiger partial charge in [-0.1, -0.05) is 6.07 Å². The van der Waals surface area contributed by atoms with Crippen molar-refractivity contribution in [3.05, 3.63) is 36.0 Å². The number of aryl methyl sites for hydroxylation is 1. The van der Waals surface area contributed by atoms with E-state index in [0.717, 1.165) is 54.1 Å². The Hall–Kier alpha value is -3.03. The summed E-state index contributed by atoms with van der Waals surface area (Å²) in [5, 5.41) is 20.2. The van der Waals surface area contributed by atoms with Crippen LogP contribution in [0.5, 0.6) is 0 Å². The van der Waals surface area contributed by atoms with E-state index in [0.29, 0.717) is 32.6 Å². The zero-order valence-corrected chi connectivity index (χ0v) is 26.4. The third kappa shape index (κ3) is 9.98. The number of halogens is 3. The van der Waals surface area contributed by atoms with E-state index in [2.05, 4.69) is 27.0 Å². The molecule has 4 N–H and O–H groups in total. The molecule has 0 aromatic carbocycles. The molecule has 2 aliphatic rings. The van der Waals surface area contributed by atoms with Gasteiger partial charge in [-0.25, -0.2) is 23.1 Å². The zero-order valence-electron chi connectivity index (χ0n) is 25.6. The molecule has 0 bridgehead atoms. The zero-order chi connectivity index (χ0) is 32.5. The molecule has 0 amide bonds. The summed E-state index contributed by atoms with van der Waals surface area (Å²) in [6, 6.07) is 10.8. The molecule has 2 aromatic rings. The number of anilines is 2. The minimum Gasteiger partial charge on any atom is -0.381 e. The summed E-state index contributed by atoms with van der Waals surface area (Å²) < 4.78 is 71.4. The van der Waals surface area contributed by atoms with Crippen molar-refractivity contribution < 1.29 is 31.1 Å². The van der Waals surface area contributed by atoms with Gasteiger partial charge in [-0.15, -0.1) is 0 Å². The van der Waals surface area contributed by atoms with Crippen LogP contribution in [0.25, 0.3) is 11.3 Å². The van der Waals surface area contributed by atoms with Gasteiger partial charge < -0.3 is 25.4 Å². The topological polar surface area (TPSA) is 150 Å². The van der Waals surface area contributed by atoms with E-state index in [-0.39, 0.29) is 31.3 Å². The summed E-state index contributed by atoms with van der Waals surface area (Å²) in [5.41, 5.74) is -2.98. The molecular weight excluding hydrogens is 611 g/mol. The second-order valence-corrected chi connectivity index (χ2v) is 13.6. The molecular formula is C30H42F3N7O4S. The van der Waals surface area contributed by atoms with Crippen molar-refractivity contribution in [1.82, 2.24) is 20.0 Å². The van der Waals surface area contributed by atoms with Crippen molar-refractivity contribution in [2.24, 2.45) is 5.41 Å². The average molecular weight is 654 g/mol. The van der Waals surface area contributed by atoms with E-state index in [9.17, 15) is 26.9 Å². The van der Waals surface area contributed by atoms with Crippen LogP contribution in [0.3, 0.4) is 0 Å². The summed E-state index contributed by atoms with van der Waals surface area (Å²) >= 11 is 0. The lowest BCUT2D eigenvalue weighted by molar-refractivity contribution is -0.0449. The molecule has 0 spiro atoms. The van der Waals surface area contributed by atoms with Gasteiger partial charge in [0.05, 0.1) is 30.4 Å². The van der Waals surface area contributed by atoms with Crippen molar-refractivity contribution in [2.75, 3.05) is 50.2 Å². The van der Waals surface area contributed by atoms with E-state index in [4.69, 9.17) is 14.5 Å². The maximum absolute atomic E-state index is 12.4. The highest BCUT2D eigenvalue weighted by molar-refractivity contribution is 7.90. The van der Waals surface area contributed by atoms with Crippen LogP contribution in [-0.2, 0) is 19.5 Å². The van der Waals surface area contributed by atoms with Crippen LogP contribution in [0, 0.1) is 23.7 Å². The first-order chi connectivity index (χ1) is 21.4. The molecule has 248 valence electrons. The highest BCUT2D eigenvalue weighted by Gasteiger charge is 2.45. The normalized spacial score (nSPS) is 21.1. The van der Waals surface area contributed by atoms with Gasteiger partial charge in [0.15, 0.2) is 0 Å². The van der Waals surface area contributed by atoms with Crippen LogP contribution in [-0.4, -0.2) is 81.5 Å². The largest absolute Gasteiger partial charge is 0.511 e. The molecule has 45 heavy (non-hydrogen) atoms. The molecule has 0 radical (unpaired) electrons. The molecule has 2 fully saturated rings. The maximum atomic E-state index is 12.4. The van der Waals surface area contributed by atoms with Crippen LogP contribution >= 0.6 is 0 Å². The molecule has 1 atom stereocenters. The minimum absolute atomic E-state index is 0.0417. The minimum atomic E-state index is -5.35. The van der Waals surface area contributed by atoms with E-state index in [1.165, 1.54) is 4.72 Å². The van der Waals surface area contributed by atoms with Crippen molar-refractivity contribution in [3.63, 3.8) is 0 Å². The van der Waals surface area contributed by atoms with Crippen molar-refractivity contribution in [2.45, 2.75) is 76.0 Å². The summed E-state index contributed by atoms with van der Waals surface area (Å²) in [4.78, 5) is 9.43. The lowest BCUT2D eigenvalue weighted by Crippen LogP contribution is -2.43. The summed E-state index contributed by atoms with van der Waals surface area (Å²) in [5.74, 6) is 1.50. The first-order valence-corrected chi connectivity index (χ1v) is 16.7. The van der Waals surface area contributed by atoms with Gasteiger partial charge in [-0.05, 0) is 76.1 Å². The third-order valence-electron chi connectivity index (χ3n) is 8.23. The predicted molar refractivity (Wildman–Crippen MR) is 165 cm³/mol. The summed E-state index contributed by atoms with van der Waals surface area (Å²) in [6.45, 7) is 5.28. The second-order valence-electron chi connectivity index (χ2n) is 11.8. The van der Waals surface area contributed by atoms with Crippen molar-refractivity contribution >= 4 is 21.7 Å². The number of sulfonamides is 1. The first-order valence-electron chi connectivity index (χ1n) is 15.2. The van der Waals surface area contributed by atoms with E-state index in [1.807, 2.05) is 44.3 Å². The Kier molecular flexibility index (Phi) is 12.0. The number of alkyl halides is 3. The fourth-order valence-corrected chi connectivity index (χ4v) is 6.08. The van der Waals surface area contributed by atoms with E-state index >= 15 is 0 Å². The van der Waals surface area contributed by atoms with Gasteiger partial charge in [0, 0.05) is 56.2 Å². The Morgan fingerprint density at radius 3 is 2.56 bits per heavy atom. The van der Waals surface area contributed by atoms with Crippen LogP contribution in [0.1, 0.15) is 51.0 Å². The van der Waals surface area contributed by atoms with Gasteiger partial charge in [0.25, 0.3) is 0 Å². The molecule has 3 heterocycles. The Labute approximate surface area is 262 Å². The Balaban J connectivity index is 1.22. The number of aromatic nitrogens is 2. The van der Waals surface area contributed by atoms with E-state index < -0.39 is 27.5 Å². The van der Waals surface area contributed by atoms with Gasteiger partial charge in [-0.2, -0.15) is 18.4 Å². The fraction of sp³-hybridized carbons (Fsp3) is 0.633. The molecule has 15 heteroatoms. The van der Waals surface area contributed by atoms with E-state index in [1.54, 1.807) is 0 Å². The second kappa shape index (κ2) is 15.5. The van der Waals surface area contributed by atoms with Crippen LogP contribution < -0.4 is 20.7 Å². The molecule has 2 aromatic heterocycles. The van der Waals surface area contributed by atoms with Gasteiger partial charge in [-0.3, -0.25) is 0 Å². The Bertz CT molecular complexity index is 1410. The average Bonchev–Trinajstić information content (AvgIpc) is 3.02. The quantitative estimate of drug-likeness (QED) is 0.217. The van der Waals surface area contributed by atoms with Gasteiger partial charge in [0.1, 0.15) is 11.6 Å². The number of nitriles is 1. The van der Waals surface area contributed by atoms with Crippen LogP contribution in [0.4, 0.5) is 24.8 Å². The smallest absolute Gasteiger partial charge is 0.381 e. The van der Waals surface area contributed by atoms with Gasteiger partial charge in [0.2, 0.25) is 0 Å². The number of nitrogens with one attached hydrogen (secondary N) is 4. The maximum Gasteiger partial charge on any atom is 0.511 e. The third-order valence-corrected chi connectivity index (χ3v) is 9.43. The predicted octanol–water partition coefficient (Wildman–Crippen LogP) is 4.34. The first kappa shape index (κ1) is 34.8. The van der Waals surface area contributed by atoms with Gasteiger partial charge >= 0.3 is 15.5 Å². The monoisotopic (exact) mass is 653 g/mol. The number of rotatable bonds is 14. The Morgan fingerprint density at radius 2 is 1.87 bits per heavy atom. The summed E-state index contributed by atoms with van der Waals surface area (Å²) in [6.07, 6.45) is 6.96. The number of hydrogen-bond donors (Lipinski definition) is 4. The molecule has 1 aliphatic heterocycles. The number of ether oxygens (including phenoxy) is 2.